The predicted molar refractivity (Wildman–Crippen MR) is 91.3 cm³/mol. The number of benzene rings is 1. The summed E-state index contributed by atoms with van der Waals surface area (Å²) in [4.78, 5) is 24.1. The molecule has 134 valence electrons. The number of amides is 1. The van der Waals surface area contributed by atoms with E-state index in [9.17, 15) is 22.7 Å². The second-order valence-electron chi connectivity index (χ2n) is 4.40. The molecule has 1 aromatic carbocycles. The van der Waals surface area contributed by atoms with E-state index in [1.54, 1.807) is 6.07 Å². The van der Waals surface area contributed by atoms with Crippen LogP contribution in [-0.2, 0) is 12.4 Å². The van der Waals surface area contributed by atoms with Crippen LogP contribution in [0.1, 0.15) is 6.92 Å². The topological polar surface area (TPSA) is 152 Å². The molecule has 0 aliphatic heterocycles. The fourth-order valence-electron chi connectivity index (χ4n) is 1.54. The minimum Gasteiger partial charge on any atom is -0.258 e. The number of aromatic nitrogens is 1. The number of carbonyl (C=O) groups excluding carboxylic acids is 1. The molecular formula is C13H13AsBrN3O7. The van der Waals surface area contributed by atoms with Crippen LogP contribution >= 0.6 is 15.9 Å². The van der Waals surface area contributed by atoms with E-state index in [0.717, 1.165) is 0 Å². The zero-order valence-corrected chi connectivity index (χ0v) is 16.2. The van der Waals surface area contributed by atoms with Crippen molar-refractivity contribution in [3.05, 3.63) is 57.3 Å². The number of halogens is 1. The first-order valence-corrected chi connectivity index (χ1v) is 10.6. The number of nitrogens with one attached hydrogen (secondary N) is 1. The van der Waals surface area contributed by atoms with Crippen molar-refractivity contribution in [3.8, 4) is 0 Å². The molecule has 0 aliphatic rings. The Morgan fingerprint density at radius 2 is 2.00 bits per heavy atom. The molecule has 1 atom stereocenters. The molecule has 0 saturated carbocycles. The molecule has 0 spiro atoms. The Hall–Kier alpha value is -2.04. The van der Waals surface area contributed by atoms with Crippen molar-refractivity contribution >= 4 is 51.7 Å². The number of nitrogens with zero attached hydrogens (tertiary/aromatic N) is 2. The monoisotopic (exact) mass is 477 g/mol. The van der Waals surface area contributed by atoms with E-state index >= 15 is 0 Å². The fraction of sp³-hybridized carbons (Fsp3) is 0.0769. The molecule has 2 rings (SSSR count). The van der Waals surface area contributed by atoms with Crippen LogP contribution < -0.4 is 9.67 Å². The Balaban J connectivity index is 0.000000271. The van der Waals surface area contributed by atoms with Gasteiger partial charge in [0.1, 0.15) is 10.8 Å². The van der Waals surface area contributed by atoms with Gasteiger partial charge >= 0.3 is 88.4 Å². The molecule has 10 nitrogen and oxygen atoms in total. The summed E-state index contributed by atoms with van der Waals surface area (Å²) in [5, 5.41) is 20.7. The molecule has 2 aromatic rings. The fourth-order valence-corrected chi connectivity index (χ4v) is 3.44. The first kappa shape index (κ1) is 21.0. The Morgan fingerprint density at radius 1 is 1.36 bits per heavy atom. The van der Waals surface area contributed by atoms with Crippen molar-refractivity contribution in [1.82, 2.24) is 4.98 Å². The van der Waals surface area contributed by atoms with Crippen molar-refractivity contribution in [1.29, 1.82) is 0 Å². The van der Waals surface area contributed by atoms with Gasteiger partial charge in [0.05, 0.1) is 4.92 Å². The molecular weight excluding hydrogens is 465 g/mol. The second-order valence-corrected chi connectivity index (χ2v) is 8.75. The molecule has 1 amide bonds. The maximum atomic E-state index is 11.4. The molecule has 0 fully saturated rings. The predicted octanol–water partition coefficient (Wildman–Crippen LogP) is 1.46. The summed E-state index contributed by atoms with van der Waals surface area (Å²) in [6, 6.07) is 8.75. The summed E-state index contributed by atoms with van der Waals surface area (Å²) >= 11 is -1.86. The van der Waals surface area contributed by atoms with E-state index in [1.165, 1.54) is 43.5 Å². The van der Waals surface area contributed by atoms with Gasteiger partial charge in [-0.1, -0.05) is 0 Å². The number of carbonyl (C=O) groups is 1. The maximum absolute atomic E-state index is 11.4. The minimum atomic E-state index is -4.92. The number of para-hydroxylation sites is 1. The van der Waals surface area contributed by atoms with Gasteiger partial charge in [0.15, 0.2) is 0 Å². The van der Waals surface area contributed by atoms with E-state index < -0.39 is 19.1 Å². The smallest absolute Gasteiger partial charge is 0.258 e. The van der Waals surface area contributed by atoms with E-state index in [1.807, 2.05) is 0 Å². The Morgan fingerprint density at radius 3 is 2.48 bits per heavy atom. The van der Waals surface area contributed by atoms with Crippen molar-refractivity contribution in [3.63, 3.8) is 0 Å². The molecule has 1 unspecified atom stereocenters. The quantitative estimate of drug-likeness (QED) is 0.197. The van der Waals surface area contributed by atoms with Crippen LogP contribution in [0.3, 0.4) is 0 Å². The first-order valence-electron chi connectivity index (χ1n) is 6.46. The number of pyridine rings is 1. The minimum absolute atomic E-state index is 0.00296. The van der Waals surface area contributed by atoms with E-state index in [0.29, 0.717) is 4.60 Å². The van der Waals surface area contributed by atoms with E-state index in [4.69, 9.17) is 5.26 Å². The van der Waals surface area contributed by atoms with Gasteiger partial charge in [0.2, 0.25) is 0 Å². The standard InChI is InChI=1S/C8H10AsNO5.C5H3BrN2O2/c1-6(11)10-8-5-3-2-4-7(8)9(12,13)15-14;6-5-2-1-4(3-7-5)8(9)10/h2-5,14H,1H3,(H,10,11)(H,12,13);1-3H. The number of hydrogen-bond donors (Lipinski definition) is 3. The first-order chi connectivity index (χ1) is 11.7. The molecule has 0 saturated heterocycles. The van der Waals surface area contributed by atoms with Crippen molar-refractivity contribution in [2.45, 2.75) is 6.92 Å². The Bertz CT molecular complexity index is 800. The van der Waals surface area contributed by atoms with Crippen LogP contribution in [0.15, 0.2) is 47.2 Å². The summed E-state index contributed by atoms with van der Waals surface area (Å²) in [7, 11) is 0. The molecule has 12 heteroatoms. The van der Waals surface area contributed by atoms with Crippen LogP contribution in [0.4, 0.5) is 11.4 Å². The number of rotatable bonds is 4. The van der Waals surface area contributed by atoms with Gasteiger partial charge in [-0.15, -0.1) is 0 Å². The van der Waals surface area contributed by atoms with Crippen LogP contribution in [0.2, 0.25) is 0 Å². The SMILES string of the molecule is CC(=O)Nc1ccccc1[As](=O)(O)OO.O=[N+]([O-])c1ccc(Br)nc1. The van der Waals surface area contributed by atoms with Gasteiger partial charge in [0.25, 0.3) is 5.69 Å². The largest absolute Gasteiger partial charge is 0.287 e. The molecule has 0 aliphatic carbocycles. The van der Waals surface area contributed by atoms with Crippen LogP contribution in [0.5, 0.6) is 0 Å². The van der Waals surface area contributed by atoms with Gasteiger partial charge in [-0.2, -0.15) is 0 Å². The van der Waals surface area contributed by atoms with Gasteiger partial charge in [-0.05, 0) is 22.0 Å². The zero-order valence-electron chi connectivity index (χ0n) is 12.7. The molecule has 1 aromatic heterocycles. The van der Waals surface area contributed by atoms with Gasteiger partial charge in [-0.25, -0.2) is 4.98 Å². The van der Waals surface area contributed by atoms with E-state index in [2.05, 4.69) is 30.1 Å². The Labute approximate surface area is 153 Å². The summed E-state index contributed by atoms with van der Waals surface area (Å²) in [5.41, 5.74) is 0.159. The van der Waals surface area contributed by atoms with Gasteiger partial charge in [-0.3, -0.25) is 10.1 Å². The average molecular weight is 478 g/mol. The summed E-state index contributed by atoms with van der Waals surface area (Å²) in [6.45, 7) is 1.27. The Kier molecular flexibility index (Phi) is 7.93. The third-order valence-electron chi connectivity index (χ3n) is 2.55. The normalized spacial score (nSPS) is 12.3. The summed E-state index contributed by atoms with van der Waals surface area (Å²) < 4.78 is 24.7. The third kappa shape index (κ3) is 6.76. The van der Waals surface area contributed by atoms with Crippen molar-refractivity contribution in [2.24, 2.45) is 0 Å². The van der Waals surface area contributed by atoms with E-state index in [-0.39, 0.29) is 21.6 Å². The van der Waals surface area contributed by atoms with Gasteiger partial charge < -0.3 is 0 Å². The number of nitro groups is 1. The van der Waals surface area contributed by atoms with Crippen LogP contribution in [-0.4, -0.2) is 39.3 Å². The van der Waals surface area contributed by atoms with Crippen molar-refractivity contribution < 1.29 is 26.7 Å². The van der Waals surface area contributed by atoms with Gasteiger partial charge in [0, 0.05) is 6.07 Å². The summed E-state index contributed by atoms with van der Waals surface area (Å²) in [5.74, 6) is -0.379. The molecule has 25 heavy (non-hydrogen) atoms. The number of anilines is 1. The second kappa shape index (κ2) is 9.44. The molecule has 3 N–H and O–H groups in total. The number of hydrogen-bond acceptors (Lipinski definition) is 7. The van der Waals surface area contributed by atoms with Crippen LogP contribution in [0.25, 0.3) is 0 Å². The molecule has 0 radical (unpaired) electrons. The molecule has 1 heterocycles. The zero-order chi connectivity index (χ0) is 19.0. The molecule has 0 bridgehead atoms. The van der Waals surface area contributed by atoms with Crippen LogP contribution in [0, 0.1) is 10.1 Å². The summed E-state index contributed by atoms with van der Waals surface area (Å²) in [6.07, 6.45) is 1.20. The average Bonchev–Trinajstić information content (AvgIpc) is 2.55. The third-order valence-corrected chi connectivity index (χ3v) is 5.58. The van der Waals surface area contributed by atoms with Crippen molar-refractivity contribution in [2.75, 3.05) is 5.32 Å². The maximum Gasteiger partial charge on any atom is 0.287 e.